The van der Waals surface area contributed by atoms with Crippen LogP contribution in [-0.4, -0.2) is 21.2 Å². The monoisotopic (exact) mass is 264 g/mol. The topological polar surface area (TPSA) is 72.9 Å². The summed E-state index contributed by atoms with van der Waals surface area (Å²) in [4.78, 5) is 12.3. The summed E-state index contributed by atoms with van der Waals surface area (Å²) in [5, 5.41) is 7.43. The molecule has 5 heteroatoms. The van der Waals surface area contributed by atoms with Crippen molar-refractivity contribution in [3.8, 4) is 0 Å². The Labute approximate surface area is 114 Å². The Morgan fingerprint density at radius 2 is 2.05 bits per heavy atom. The van der Waals surface area contributed by atoms with Gasteiger partial charge in [0.25, 0.3) is 0 Å². The van der Waals surface area contributed by atoms with Gasteiger partial charge in [0.05, 0.1) is 22.6 Å². The Morgan fingerprint density at radius 1 is 1.47 bits per heavy atom. The first-order valence-corrected chi connectivity index (χ1v) is 6.91. The number of hydrogen-bond donors (Lipinski definition) is 2. The normalized spacial score (nSPS) is 18.5. The summed E-state index contributed by atoms with van der Waals surface area (Å²) in [7, 11) is 0. The average Bonchev–Trinajstić information content (AvgIpc) is 3.11. The molecule has 3 N–H and O–H groups in total. The van der Waals surface area contributed by atoms with Gasteiger partial charge >= 0.3 is 0 Å². The molecule has 1 amide bonds. The van der Waals surface area contributed by atoms with Crippen LogP contribution in [0.1, 0.15) is 51.0 Å². The van der Waals surface area contributed by atoms with Gasteiger partial charge in [-0.15, -0.1) is 0 Å². The van der Waals surface area contributed by atoms with Gasteiger partial charge in [-0.25, -0.2) is 0 Å². The van der Waals surface area contributed by atoms with Gasteiger partial charge < -0.3 is 11.1 Å². The molecule has 0 aliphatic heterocycles. The van der Waals surface area contributed by atoms with E-state index in [1.165, 1.54) is 0 Å². The van der Waals surface area contributed by atoms with E-state index in [0.717, 1.165) is 29.9 Å². The van der Waals surface area contributed by atoms with Gasteiger partial charge in [-0.2, -0.15) is 5.10 Å². The molecule has 1 saturated carbocycles. The Morgan fingerprint density at radius 3 is 2.47 bits per heavy atom. The number of aromatic nitrogens is 2. The highest BCUT2D eigenvalue weighted by molar-refractivity contribution is 5.99. The van der Waals surface area contributed by atoms with Crippen molar-refractivity contribution in [3.05, 3.63) is 11.4 Å². The van der Waals surface area contributed by atoms with Crippen LogP contribution in [-0.2, 0) is 4.79 Å². The fourth-order valence-corrected chi connectivity index (χ4v) is 2.46. The van der Waals surface area contributed by atoms with Crippen LogP contribution >= 0.6 is 0 Å². The molecular formula is C14H24N4O. The number of amides is 1. The number of nitrogens with two attached hydrogens (primary N) is 1. The van der Waals surface area contributed by atoms with Gasteiger partial charge in [0.1, 0.15) is 0 Å². The molecule has 1 aromatic rings. The lowest BCUT2D eigenvalue weighted by atomic mass is 9.96. The summed E-state index contributed by atoms with van der Waals surface area (Å²) in [5.41, 5.74) is 7.98. The highest BCUT2D eigenvalue weighted by Crippen LogP contribution is 2.38. The van der Waals surface area contributed by atoms with E-state index < -0.39 is 5.54 Å². The molecule has 0 spiro atoms. The summed E-state index contributed by atoms with van der Waals surface area (Å²) in [6.45, 7) is 9.84. The smallest absolute Gasteiger partial charge is 0.244 e. The maximum absolute atomic E-state index is 12.3. The lowest BCUT2D eigenvalue weighted by Crippen LogP contribution is -2.50. The molecule has 0 bridgehead atoms. The van der Waals surface area contributed by atoms with Gasteiger partial charge in [0.15, 0.2) is 0 Å². The van der Waals surface area contributed by atoms with Crippen LogP contribution < -0.4 is 11.1 Å². The van der Waals surface area contributed by atoms with Crippen LogP contribution in [0.5, 0.6) is 0 Å². The Balaban J connectivity index is 2.21. The second-order valence-electron chi connectivity index (χ2n) is 6.10. The highest BCUT2D eigenvalue weighted by atomic mass is 16.2. The molecule has 1 aliphatic rings. The van der Waals surface area contributed by atoms with E-state index in [0.29, 0.717) is 5.92 Å². The fourth-order valence-electron chi connectivity index (χ4n) is 2.46. The molecule has 106 valence electrons. The van der Waals surface area contributed by atoms with Gasteiger partial charge in [-0.05, 0) is 53.4 Å². The van der Waals surface area contributed by atoms with E-state index in [2.05, 4.69) is 24.3 Å². The van der Waals surface area contributed by atoms with Crippen LogP contribution in [0.25, 0.3) is 0 Å². The van der Waals surface area contributed by atoms with Crippen LogP contribution in [0.15, 0.2) is 0 Å². The highest BCUT2D eigenvalue weighted by Gasteiger charge is 2.44. The quantitative estimate of drug-likeness (QED) is 0.875. The molecule has 1 aromatic heterocycles. The van der Waals surface area contributed by atoms with Crippen molar-refractivity contribution in [1.29, 1.82) is 0 Å². The first-order valence-electron chi connectivity index (χ1n) is 6.91. The van der Waals surface area contributed by atoms with Crippen molar-refractivity contribution >= 4 is 11.6 Å². The molecule has 1 heterocycles. The maximum Gasteiger partial charge on any atom is 0.244 e. The zero-order chi connectivity index (χ0) is 14.4. The number of rotatable bonds is 4. The van der Waals surface area contributed by atoms with E-state index in [4.69, 9.17) is 5.73 Å². The Hall–Kier alpha value is -1.36. The van der Waals surface area contributed by atoms with Crippen molar-refractivity contribution in [2.75, 3.05) is 5.32 Å². The Kier molecular flexibility index (Phi) is 3.43. The minimum Gasteiger partial charge on any atom is -0.321 e. The number of aryl methyl sites for hydroxylation is 1. The molecule has 1 aliphatic carbocycles. The number of nitrogens with one attached hydrogen (secondary N) is 1. The van der Waals surface area contributed by atoms with Gasteiger partial charge in [0.2, 0.25) is 5.91 Å². The first-order chi connectivity index (χ1) is 8.75. The number of carbonyl (C=O) groups is 1. The van der Waals surface area contributed by atoms with Gasteiger partial charge in [-0.3, -0.25) is 9.48 Å². The third-order valence-corrected chi connectivity index (χ3v) is 3.97. The van der Waals surface area contributed by atoms with E-state index in [1.807, 2.05) is 25.5 Å². The molecule has 1 atom stereocenters. The number of nitrogens with zero attached hydrogens (tertiary/aromatic N) is 2. The number of carbonyl (C=O) groups excluding carboxylic acids is 1. The molecule has 0 radical (unpaired) electrons. The standard InChI is InChI=1S/C14H24N4O/c1-8(2)18-10(4)12(9(3)17-18)16-13(19)14(5,15)11-6-7-11/h8,11H,6-7,15H2,1-5H3,(H,16,19). The summed E-state index contributed by atoms with van der Waals surface area (Å²) >= 11 is 0. The van der Waals surface area contributed by atoms with Crippen LogP contribution in [0.3, 0.4) is 0 Å². The molecular weight excluding hydrogens is 240 g/mol. The summed E-state index contributed by atoms with van der Waals surface area (Å²) < 4.78 is 1.93. The minimum absolute atomic E-state index is 0.107. The molecule has 0 aromatic carbocycles. The summed E-state index contributed by atoms with van der Waals surface area (Å²) in [5.74, 6) is 0.206. The van der Waals surface area contributed by atoms with Gasteiger partial charge in [0, 0.05) is 6.04 Å². The molecule has 1 unspecified atom stereocenters. The summed E-state index contributed by atoms with van der Waals surface area (Å²) in [6, 6.07) is 0.275. The molecule has 2 rings (SSSR count). The molecule has 1 fully saturated rings. The van der Waals surface area contributed by atoms with E-state index in [9.17, 15) is 4.79 Å². The fraction of sp³-hybridized carbons (Fsp3) is 0.714. The lowest BCUT2D eigenvalue weighted by molar-refractivity contribution is -0.121. The van der Waals surface area contributed by atoms with E-state index in [-0.39, 0.29) is 11.9 Å². The molecule has 0 saturated heterocycles. The third-order valence-electron chi connectivity index (χ3n) is 3.97. The molecule has 5 nitrogen and oxygen atoms in total. The average molecular weight is 264 g/mol. The maximum atomic E-state index is 12.3. The second kappa shape index (κ2) is 4.63. The predicted molar refractivity (Wildman–Crippen MR) is 76.0 cm³/mol. The first kappa shape index (κ1) is 14.1. The van der Waals surface area contributed by atoms with Crippen molar-refractivity contribution in [3.63, 3.8) is 0 Å². The van der Waals surface area contributed by atoms with Crippen molar-refractivity contribution in [2.45, 2.75) is 59.0 Å². The number of hydrogen-bond acceptors (Lipinski definition) is 3. The minimum atomic E-state index is -0.779. The zero-order valence-electron chi connectivity index (χ0n) is 12.4. The largest absolute Gasteiger partial charge is 0.321 e. The van der Waals surface area contributed by atoms with Crippen LogP contribution in [0, 0.1) is 19.8 Å². The molecule has 19 heavy (non-hydrogen) atoms. The Bertz CT molecular complexity index is 498. The second-order valence-corrected chi connectivity index (χ2v) is 6.10. The van der Waals surface area contributed by atoms with Crippen molar-refractivity contribution in [2.24, 2.45) is 11.7 Å². The third kappa shape index (κ3) is 2.52. The van der Waals surface area contributed by atoms with Gasteiger partial charge in [-0.1, -0.05) is 0 Å². The van der Waals surface area contributed by atoms with Crippen molar-refractivity contribution in [1.82, 2.24) is 9.78 Å². The predicted octanol–water partition coefficient (Wildman–Crippen LogP) is 2.15. The number of anilines is 1. The lowest BCUT2D eigenvalue weighted by Gasteiger charge is -2.23. The van der Waals surface area contributed by atoms with E-state index >= 15 is 0 Å². The summed E-state index contributed by atoms with van der Waals surface area (Å²) in [6.07, 6.45) is 2.09. The van der Waals surface area contributed by atoms with Crippen molar-refractivity contribution < 1.29 is 4.79 Å². The SMILES string of the molecule is Cc1nn(C(C)C)c(C)c1NC(=O)C(C)(N)C1CC1. The van der Waals surface area contributed by atoms with E-state index in [1.54, 1.807) is 0 Å². The zero-order valence-corrected chi connectivity index (χ0v) is 12.4. The van der Waals surface area contributed by atoms with Crippen LogP contribution in [0.4, 0.5) is 5.69 Å². The van der Waals surface area contributed by atoms with Crippen LogP contribution in [0.2, 0.25) is 0 Å².